The summed E-state index contributed by atoms with van der Waals surface area (Å²) in [5.74, 6) is 1.81. The summed E-state index contributed by atoms with van der Waals surface area (Å²) in [5, 5.41) is 17.3. The molecule has 0 unspecified atom stereocenters. The number of hydrogen-bond acceptors (Lipinski definition) is 8. The largest absolute Gasteiger partial charge is 0.473 e. The molecular formula is C21H20N6O2. The fourth-order valence-electron chi connectivity index (χ4n) is 3.21. The summed E-state index contributed by atoms with van der Waals surface area (Å²) in [7, 11) is 0. The van der Waals surface area contributed by atoms with Crippen LogP contribution in [0.4, 0.5) is 0 Å². The average molecular weight is 388 g/mol. The minimum absolute atomic E-state index is 0.173. The lowest BCUT2D eigenvalue weighted by molar-refractivity contribution is 0.198. The Bertz CT molecular complexity index is 1030. The smallest absolute Gasteiger partial charge is 0.237 e. The molecule has 1 aromatic carbocycles. The first-order valence-electron chi connectivity index (χ1n) is 9.48. The van der Waals surface area contributed by atoms with Crippen molar-refractivity contribution in [2.24, 2.45) is 5.73 Å². The normalized spacial score (nSPS) is 13.8. The van der Waals surface area contributed by atoms with Gasteiger partial charge in [-0.3, -0.25) is 0 Å². The van der Waals surface area contributed by atoms with Crippen LogP contribution in [0.3, 0.4) is 0 Å². The standard InChI is InChI=1S/C21H20N6O2/c22-9-14-5-6-18(21-24-11-15(10-23)12-25-21)19(7-14)28-17-8-20(27-26-13-17)29-16-3-1-2-4-16/h5-8,11-13,16H,1-4,10,23H2. The zero-order valence-electron chi connectivity index (χ0n) is 15.8. The Morgan fingerprint density at radius 1 is 1.10 bits per heavy atom. The Balaban J connectivity index is 1.62. The van der Waals surface area contributed by atoms with Crippen molar-refractivity contribution in [1.82, 2.24) is 20.2 Å². The SMILES string of the molecule is N#Cc1ccc(-c2ncc(CN)cn2)c(Oc2cnnc(OC3CCCC3)c2)c1. The predicted octanol–water partition coefficient (Wildman–Crippen LogP) is 3.38. The van der Waals surface area contributed by atoms with E-state index >= 15 is 0 Å². The van der Waals surface area contributed by atoms with Crippen LogP contribution >= 0.6 is 0 Å². The maximum Gasteiger partial charge on any atom is 0.237 e. The van der Waals surface area contributed by atoms with Gasteiger partial charge in [0, 0.05) is 30.6 Å². The van der Waals surface area contributed by atoms with E-state index in [-0.39, 0.29) is 6.10 Å². The third kappa shape index (κ3) is 4.47. The van der Waals surface area contributed by atoms with Crippen LogP contribution in [0.25, 0.3) is 11.4 Å². The molecule has 8 heteroatoms. The van der Waals surface area contributed by atoms with Crippen LogP contribution in [0.2, 0.25) is 0 Å². The molecule has 3 aromatic rings. The Morgan fingerprint density at radius 2 is 1.90 bits per heavy atom. The van der Waals surface area contributed by atoms with E-state index in [2.05, 4.69) is 26.2 Å². The summed E-state index contributed by atoms with van der Waals surface area (Å²) in [6, 6.07) is 8.92. The second kappa shape index (κ2) is 8.63. The molecule has 1 aliphatic rings. The van der Waals surface area contributed by atoms with Crippen LogP contribution in [0, 0.1) is 11.3 Å². The molecule has 146 valence electrons. The molecule has 1 fully saturated rings. The number of rotatable bonds is 6. The Morgan fingerprint density at radius 3 is 2.62 bits per heavy atom. The highest BCUT2D eigenvalue weighted by Crippen LogP contribution is 2.33. The van der Waals surface area contributed by atoms with E-state index < -0.39 is 0 Å². The molecule has 0 radical (unpaired) electrons. The fraction of sp³-hybridized carbons (Fsp3) is 0.286. The van der Waals surface area contributed by atoms with Crippen LogP contribution in [-0.4, -0.2) is 26.3 Å². The molecule has 0 spiro atoms. The third-order valence-electron chi connectivity index (χ3n) is 4.72. The van der Waals surface area contributed by atoms with Crippen molar-refractivity contribution in [3.05, 3.63) is 54.0 Å². The second-order valence-electron chi connectivity index (χ2n) is 6.80. The molecule has 2 aromatic heterocycles. The van der Waals surface area contributed by atoms with Crippen LogP contribution < -0.4 is 15.2 Å². The van der Waals surface area contributed by atoms with Crippen LogP contribution in [-0.2, 0) is 6.54 Å². The first-order valence-corrected chi connectivity index (χ1v) is 9.48. The summed E-state index contributed by atoms with van der Waals surface area (Å²) >= 11 is 0. The highest BCUT2D eigenvalue weighted by molar-refractivity contribution is 5.66. The lowest BCUT2D eigenvalue weighted by Gasteiger charge is -2.13. The Kier molecular flexibility index (Phi) is 5.59. The van der Waals surface area contributed by atoms with Crippen molar-refractivity contribution in [3.63, 3.8) is 0 Å². The molecule has 4 rings (SSSR count). The second-order valence-corrected chi connectivity index (χ2v) is 6.80. The van der Waals surface area contributed by atoms with Crippen molar-refractivity contribution in [1.29, 1.82) is 5.26 Å². The molecular weight excluding hydrogens is 368 g/mol. The van der Waals surface area contributed by atoms with Crippen molar-refractivity contribution in [2.45, 2.75) is 38.3 Å². The van der Waals surface area contributed by atoms with E-state index in [1.165, 1.54) is 19.0 Å². The van der Waals surface area contributed by atoms with Gasteiger partial charge >= 0.3 is 0 Å². The lowest BCUT2D eigenvalue weighted by Crippen LogP contribution is -2.12. The number of ether oxygens (including phenoxy) is 2. The number of nitrogens with two attached hydrogens (primary N) is 1. The fourth-order valence-corrected chi connectivity index (χ4v) is 3.21. The van der Waals surface area contributed by atoms with Crippen LogP contribution in [0.1, 0.15) is 36.8 Å². The first-order chi connectivity index (χ1) is 14.2. The Labute approximate surface area is 168 Å². The first kappa shape index (κ1) is 18.8. The zero-order valence-corrected chi connectivity index (χ0v) is 15.8. The monoisotopic (exact) mass is 388 g/mol. The van der Waals surface area contributed by atoms with Crippen molar-refractivity contribution in [3.8, 4) is 34.8 Å². The van der Waals surface area contributed by atoms with E-state index in [0.717, 1.165) is 18.4 Å². The quantitative estimate of drug-likeness (QED) is 0.682. The third-order valence-corrected chi connectivity index (χ3v) is 4.72. The predicted molar refractivity (Wildman–Crippen MR) is 105 cm³/mol. The molecule has 0 saturated heterocycles. The van der Waals surface area contributed by atoms with E-state index in [1.54, 1.807) is 36.7 Å². The molecule has 29 heavy (non-hydrogen) atoms. The van der Waals surface area contributed by atoms with E-state index in [4.69, 9.17) is 15.2 Å². The average Bonchev–Trinajstić information content (AvgIpc) is 3.27. The van der Waals surface area contributed by atoms with Gasteiger partial charge in [0.25, 0.3) is 0 Å². The van der Waals surface area contributed by atoms with Crippen molar-refractivity contribution >= 4 is 0 Å². The summed E-state index contributed by atoms with van der Waals surface area (Å²) in [4.78, 5) is 8.71. The minimum Gasteiger partial charge on any atom is -0.473 e. The lowest BCUT2D eigenvalue weighted by atomic mass is 10.1. The van der Waals surface area contributed by atoms with Gasteiger partial charge in [0.05, 0.1) is 23.4 Å². The zero-order chi connectivity index (χ0) is 20.1. The van der Waals surface area contributed by atoms with Gasteiger partial charge in [-0.15, -0.1) is 5.10 Å². The van der Waals surface area contributed by atoms with E-state index in [9.17, 15) is 5.26 Å². The molecule has 2 heterocycles. The van der Waals surface area contributed by atoms with Crippen molar-refractivity contribution < 1.29 is 9.47 Å². The van der Waals surface area contributed by atoms with E-state index in [1.807, 2.05) is 0 Å². The number of hydrogen-bond donors (Lipinski definition) is 1. The molecule has 0 aliphatic heterocycles. The van der Waals surface area contributed by atoms with Crippen LogP contribution in [0.15, 0.2) is 42.9 Å². The molecule has 8 nitrogen and oxygen atoms in total. The summed E-state index contributed by atoms with van der Waals surface area (Å²) in [6.07, 6.45) is 9.41. The number of nitriles is 1. The topological polar surface area (TPSA) is 120 Å². The van der Waals surface area contributed by atoms with Gasteiger partial charge in [0.2, 0.25) is 5.88 Å². The van der Waals surface area contributed by atoms with Gasteiger partial charge in [-0.1, -0.05) is 0 Å². The van der Waals surface area contributed by atoms with Crippen LogP contribution in [0.5, 0.6) is 17.4 Å². The maximum atomic E-state index is 9.27. The Hall–Kier alpha value is -3.57. The molecule has 0 bridgehead atoms. The maximum absolute atomic E-state index is 9.27. The van der Waals surface area contributed by atoms with Gasteiger partial charge in [0.15, 0.2) is 11.6 Å². The number of aromatic nitrogens is 4. The highest BCUT2D eigenvalue weighted by atomic mass is 16.5. The molecule has 0 atom stereocenters. The van der Waals surface area contributed by atoms with Gasteiger partial charge in [0.1, 0.15) is 11.9 Å². The van der Waals surface area contributed by atoms with Gasteiger partial charge in [-0.2, -0.15) is 10.4 Å². The summed E-state index contributed by atoms with van der Waals surface area (Å²) in [5.41, 5.74) is 7.57. The summed E-state index contributed by atoms with van der Waals surface area (Å²) < 4.78 is 11.9. The number of nitrogens with zero attached hydrogens (tertiary/aromatic N) is 5. The molecule has 0 amide bonds. The number of benzene rings is 1. The highest BCUT2D eigenvalue weighted by Gasteiger charge is 2.18. The molecule has 1 saturated carbocycles. The minimum atomic E-state index is 0.173. The molecule has 2 N–H and O–H groups in total. The summed E-state index contributed by atoms with van der Waals surface area (Å²) in [6.45, 7) is 0.365. The molecule has 1 aliphatic carbocycles. The van der Waals surface area contributed by atoms with E-state index in [0.29, 0.717) is 40.9 Å². The van der Waals surface area contributed by atoms with Gasteiger partial charge < -0.3 is 15.2 Å². The van der Waals surface area contributed by atoms with Crippen molar-refractivity contribution in [2.75, 3.05) is 0 Å². The van der Waals surface area contributed by atoms with Gasteiger partial charge in [-0.25, -0.2) is 9.97 Å². The van der Waals surface area contributed by atoms with Gasteiger partial charge in [-0.05, 0) is 43.9 Å².